The number of hydrogen-bond acceptors (Lipinski definition) is 3. The van der Waals surface area contributed by atoms with Crippen LogP contribution < -0.4 is 11.1 Å². The Morgan fingerprint density at radius 3 is 2.88 bits per heavy atom. The van der Waals surface area contributed by atoms with E-state index in [1.165, 1.54) is 31.2 Å². The molecule has 2 fully saturated rings. The third-order valence-electron chi connectivity index (χ3n) is 4.75. The van der Waals surface area contributed by atoms with Gasteiger partial charge in [-0.1, -0.05) is 6.42 Å². The van der Waals surface area contributed by atoms with Gasteiger partial charge in [0.15, 0.2) is 0 Å². The van der Waals surface area contributed by atoms with E-state index in [0.29, 0.717) is 6.04 Å². The second kappa shape index (κ2) is 4.30. The second-order valence-corrected chi connectivity index (χ2v) is 5.61. The van der Waals surface area contributed by atoms with E-state index in [1.54, 1.807) is 6.20 Å². The van der Waals surface area contributed by atoms with Crippen molar-refractivity contribution in [2.75, 3.05) is 12.8 Å². The predicted octanol–water partition coefficient (Wildman–Crippen LogP) is 2.36. The number of nitrogens with one attached hydrogen (secondary N) is 1. The van der Waals surface area contributed by atoms with Crippen molar-refractivity contribution in [2.24, 2.45) is 17.8 Å². The first-order chi connectivity index (χ1) is 8.29. The van der Waals surface area contributed by atoms with Crippen molar-refractivity contribution >= 4 is 5.69 Å². The first kappa shape index (κ1) is 11.0. The predicted molar refractivity (Wildman–Crippen MR) is 69.4 cm³/mol. The molecule has 2 aliphatic rings. The van der Waals surface area contributed by atoms with Crippen molar-refractivity contribution in [2.45, 2.75) is 31.7 Å². The van der Waals surface area contributed by atoms with Crippen LogP contribution >= 0.6 is 0 Å². The third kappa shape index (κ3) is 1.82. The quantitative estimate of drug-likeness (QED) is 0.839. The van der Waals surface area contributed by atoms with Crippen molar-refractivity contribution in [3.8, 4) is 0 Å². The van der Waals surface area contributed by atoms with E-state index < -0.39 is 0 Å². The maximum atomic E-state index is 6.08. The largest absolute Gasteiger partial charge is 0.398 e. The molecule has 4 unspecified atom stereocenters. The number of pyridine rings is 1. The second-order valence-electron chi connectivity index (χ2n) is 5.61. The number of aromatic nitrogens is 1. The number of hydrogen-bond donors (Lipinski definition) is 2. The van der Waals surface area contributed by atoms with E-state index in [0.717, 1.165) is 23.4 Å². The van der Waals surface area contributed by atoms with Crippen LogP contribution in [0, 0.1) is 17.8 Å². The molecule has 4 atom stereocenters. The highest BCUT2D eigenvalue weighted by Crippen LogP contribution is 2.52. The molecular weight excluding hydrogens is 210 g/mol. The Bertz CT molecular complexity index is 404. The molecule has 1 aromatic rings. The number of fused-ring (bicyclic) bond motifs is 2. The van der Waals surface area contributed by atoms with Crippen LogP contribution in [0.15, 0.2) is 18.5 Å². The average molecular weight is 231 g/mol. The topological polar surface area (TPSA) is 50.9 Å². The van der Waals surface area contributed by atoms with Crippen molar-refractivity contribution in [3.63, 3.8) is 0 Å². The Morgan fingerprint density at radius 2 is 2.29 bits per heavy atom. The summed E-state index contributed by atoms with van der Waals surface area (Å²) in [5.74, 6) is 2.63. The summed E-state index contributed by atoms with van der Waals surface area (Å²) in [6.45, 7) is 0. The molecule has 0 spiro atoms. The number of rotatable bonds is 3. The first-order valence-electron chi connectivity index (χ1n) is 6.66. The fourth-order valence-electron chi connectivity index (χ4n) is 3.98. The zero-order valence-electron chi connectivity index (χ0n) is 10.4. The van der Waals surface area contributed by atoms with E-state index in [1.807, 2.05) is 19.3 Å². The fourth-order valence-corrected chi connectivity index (χ4v) is 3.98. The Balaban J connectivity index is 1.87. The Kier molecular flexibility index (Phi) is 2.79. The summed E-state index contributed by atoms with van der Waals surface area (Å²) in [5.41, 5.74) is 8.15. The van der Waals surface area contributed by atoms with Gasteiger partial charge >= 0.3 is 0 Å². The third-order valence-corrected chi connectivity index (χ3v) is 4.75. The van der Waals surface area contributed by atoms with Crippen LogP contribution in [0.25, 0.3) is 0 Å². The standard InChI is InChI=1S/C14H21N3/c1-16-14(12-8-17-5-4-13(12)15)11-7-9-2-3-10(11)6-9/h4-5,8-11,14,16H,2-3,6-7H2,1H3,(H2,15,17). The molecule has 17 heavy (non-hydrogen) atoms. The summed E-state index contributed by atoms with van der Waals surface area (Å²) >= 11 is 0. The SMILES string of the molecule is CNC(c1cnccc1N)C1CC2CCC1C2. The minimum absolute atomic E-state index is 0.388. The molecule has 2 saturated carbocycles. The van der Waals surface area contributed by atoms with Crippen molar-refractivity contribution in [1.29, 1.82) is 0 Å². The molecule has 3 rings (SSSR count). The van der Waals surface area contributed by atoms with Crippen molar-refractivity contribution < 1.29 is 0 Å². The zero-order valence-corrected chi connectivity index (χ0v) is 10.4. The van der Waals surface area contributed by atoms with Crippen LogP contribution in [-0.4, -0.2) is 12.0 Å². The highest BCUT2D eigenvalue weighted by atomic mass is 14.9. The molecule has 2 aliphatic carbocycles. The van der Waals surface area contributed by atoms with Crippen LogP contribution in [-0.2, 0) is 0 Å². The van der Waals surface area contributed by atoms with Crippen molar-refractivity contribution in [1.82, 2.24) is 10.3 Å². The number of nitrogen functional groups attached to an aromatic ring is 1. The van der Waals surface area contributed by atoms with Gasteiger partial charge in [0.2, 0.25) is 0 Å². The van der Waals surface area contributed by atoms with Gasteiger partial charge < -0.3 is 11.1 Å². The molecule has 3 heteroatoms. The zero-order chi connectivity index (χ0) is 11.8. The van der Waals surface area contributed by atoms with Crippen LogP contribution in [0.5, 0.6) is 0 Å². The van der Waals surface area contributed by atoms with E-state index in [4.69, 9.17) is 5.73 Å². The molecule has 92 valence electrons. The maximum absolute atomic E-state index is 6.08. The van der Waals surface area contributed by atoms with Gasteiger partial charge in [-0.15, -0.1) is 0 Å². The molecule has 0 aliphatic heterocycles. The van der Waals surface area contributed by atoms with Gasteiger partial charge in [-0.3, -0.25) is 4.98 Å². The average Bonchev–Trinajstić information content (AvgIpc) is 2.95. The van der Waals surface area contributed by atoms with Crippen molar-refractivity contribution in [3.05, 3.63) is 24.0 Å². The van der Waals surface area contributed by atoms with Crippen LogP contribution in [0.3, 0.4) is 0 Å². The van der Waals surface area contributed by atoms with Gasteiger partial charge in [-0.25, -0.2) is 0 Å². The summed E-state index contributed by atoms with van der Waals surface area (Å²) in [5, 5.41) is 3.47. The molecule has 2 bridgehead atoms. The maximum Gasteiger partial charge on any atom is 0.0393 e. The van der Waals surface area contributed by atoms with Crippen LogP contribution in [0.2, 0.25) is 0 Å². The molecule has 1 aromatic heterocycles. The highest BCUT2D eigenvalue weighted by molar-refractivity contribution is 5.46. The number of nitrogens with zero attached hydrogens (tertiary/aromatic N) is 1. The fraction of sp³-hybridized carbons (Fsp3) is 0.643. The summed E-state index contributed by atoms with van der Waals surface area (Å²) in [4.78, 5) is 4.23. The molecule has 0 aromatic carbocycles. The molecule has 1 heterocycles. The van der Waals surface area contributed by atoms with E-state index >= 15 is 0 Å². The molecule has 0 saturated heterocycles. The Morgan fingerprint density at radius 1 is 1.41 bits per heavy atom. The Hall–Kier alpha value is -1.09. The molecule has 3 nitrogen and oxygen atoms in total. The van der Waals surface area contributed by atoms with E-state index in [9.17, 15) is 0 Å². The molecule has 0 amide bonds. The van der Waals surface area contributed by atoms with Gasteiger partial charge in [0.1, 0.15) is 0 Å². The Labute approximate surface area is 103 Å². The summed E-state index contributed by atoms with van der Waals surface area (Å²) in [6.07, 6.45) is 9.36. The van der Waals surface area contributed by atoms with Gasteiger partial charge in [0.25, 0.3) is 0 Å². The highest BCUT2D eigenvalue weighted by Gasteiger charge is 2.43. The lowest BCUT2D eigenvalue weighted by Crippen LogP contribution is -2.29. The minimum atomic E-state index is 0.388. The van der Waals surface area contributed by atoms with Gasteiger partial charge in [-0.2, -0.15) is 0 Å². The molecule has 0 radical (unpaired) electrons. The smallest absolute Gasteiger partial charge is 0.0393 e. The van der Waals surface area contributed by atoms with Gasteiger partial charge in [-0.05, 0) is 50.1 Å². The van der Waals surface area contributed by atoms with Crippen LogP contribution in [0.1, 0.15) is 37.3 Å². The number of anilines is 1. The summed E-state index contributed by atoms with van der Waals surface area (Å²) in [7, 11) is 2.04. The van der Waals surface area contributed by atoms with Crippen LogP contribution in [0.4, 0.5) is 5.69 Å². The monoisotopic (exact) mass is 231 g/mol. The summed E-state index contributed by atoms with van der Waals surface area (Å²) in [6, 6.07) is 2.30. The first-order valence-corrected chi connectivity index (χ1v) is 6.66. The minimum Gasteiger partial charge on any atom is -0.398 e. The van der Waals surface area contributed by atoms with E-state index in [2.05, 4.69) is 10.3 Å². The number of nitrogens with two attached hydrogens (primary N) is 1. The molecular formula is C14H21N3. The van der Waals surface area contributed by atoms with E-state index in [-0.39, 0.29) is 0 Å². The van der Waals surface area contributed by atoms with Gasteiger partial charge in [0.05, 0.1) is 0 Å². The lowest BCUT2D eigenvalue weighted by molar-refractivity contribution is 0.260. The summed E-state index contributed by atoms with van der Waals surface area (Å²) < 4.78 is 0. The lowest BCUT2D eigenvalue weighted by atomic mass is 9.80. The normalized spacial score (nSPS) is 32.9. The van der Waals surface area contributed by atoms with Gasteiger partial charge in [0, 0.05) is 29.7 Å². The lowest BCUT2D eigenvalue weighted by Gasteiger charge is -2.31. The molecule has 3 N–H and O–H groups in total.